The van der Waals surface area contributed by atoms with Crippen LogP contribution in [0.5, 0.6) is 0 Å². The van der Waals surface area contributed by atoms with Crippen molar-refractivity contribution < 1.29 is 9.32 Å². The summed E-state index contributed by atoms with van der Waals surface area (Å²) in [7, 11) is 0. The number of carbonyl (C=O) groups is 1. The van der Waals surface area contributed by atoms with Gasteiger partial charge in [0, 0.05) is 0 Å². The van der Waals surface area contributed by atoms with Crippen molar-refractivity contribution in [2.45, 2.75) is 0 Å². The van der Waals surface area contributed by atoms with Gasteiger partial charge in [-0.3, -0.25) is 4.79 Å². The second kappa shape index (κ2) is 1.65. The maximum Gasteiger partial charge on any atom is 0.174 e. The maximum absolute atomic E-state index is 9.89. The van der Waals surface area contributed by atoms with E-state index in [4.69, 9.17) is 5.73 Å². The van der Waals surface area contributed by atoms with Crippen LogP contribution in [-0.4, -0.2) is 11.4 Å². The Bertz CT molecular complexity index is 194. The number of nitrogens with two attached hydrogens (primary N) is 1. The predicted molar refractivity (Wildman–Crippen MR) is 26.3 cm³/mol. The summed E-state index contributed by atoms with van der Waals surface area (Å²) in [4.78, 5) is 9.89. The third-order valence-corrected chi connectivity index (χ3v) is 0.738. The molecule has 0 atom stereocenters. The average molecular weight is 112 g/mol. The fourth-order valence-electron chi connectivity index (χ4n) is 0.343. The minimum absolute atomic E-state index is 0.157. The number of aromatic nitrogens is 1. The van der Waals surface area contributed by atoms with E-state index in [1.54, 1.807) is 0 Å². The van der Waals surface area contributed by atoms with Gasteiger partial charge in [-0.2, -0.15) is 0 Å². The van der Waals surface area contributed by atoms with Gasteiger partial charge in [-0.05, 0) is 0 Å². The largest absolute Gasteiger partial charge is 0.394 e. The zero-order valence-corrected chi connectivity index (χ0v) is 4.00. The van der Waals surface area contributed by atoms with Crippen LogP contribution in [0.3, 0.4) is 0 Å². The van der Waals surface area contributed by atoms with Crippen LogP contribution in [0.4, 0.5) is 5.69 Å². The highest BCUT2D eigenvalue weighted by molar-refractivity contribution is 5.79. The van der Waals surface area contributed by atoms with E-state index < -0.39 is 0 Å². The van der Waals surface area contributed by atoms with Crippen molar-refractivity contribution >= 4 is 12.0 Å². The van der Waals surface area contributed by atoms with Crippen molar-refractivity contribution in [3.8, 4) is 0 Å². The molecule has 0 saturated heterocycles. The molecular formula is C4H4N2O2. The first-order chi connectivity index (χ1) is 3.84. The number of carbonyl (C=O) groups excluding carboxylic acids is 1. The Labute approximate surface area is 45.3 Å². The molecule has 0 aliphatic rings. The second-order valence-electron chi connectivity index (χ2n) is 1.27. The lowest BCUT2D eigenvalue weighted by Gasteiger charge is -1.75. The second-order valence-corrected chi connectivity index (χ2v) is 1.27. The van der Waals surface area contributed by atoms with Gasteiger partial charge in [0.05, 0.1) is 0 Å². The highest BCUT2D eigenvalue weighted by Crippen LogP contribution is 2.03. The van der Waals surface area contributed by atoms with Gasteiger partial charge in [0.25, 0.3) is 0 Å². The highest BCUT2D eigenvalue weighted by atomic mass is 16.5. The van der Waals surface area contributed by atoms with Crippen LogP contribution < -0.4 is 5.73 Å². The van der Waals surface area contributed by atoms with E-state index >= 15 is 0 Å². The highest BCUT2D eigenvalue weighted by Gasteiger charge is 1.98. The molecule has 0 saturated carbocycles. The Morgan fingerprint density at radius 2 is 2.62 bits per heavy atom. The lowest BCUT2D eigenvalue weighted by atomic mass is 10.4. The standard InChI is InChI=1S/C4H4N2O2/c5-3-2-8-6-4(3)1-7/h1-2H,5H2. The van der Waals surface area contributed by atoms with Crippen LogP contribution in [0, 0.1) is 0 Å². The maximum atomic E-state index is 9.89. The summed E-state index contributed by atoms with van der Waals surface area (Å²) < 4.78 is 4.33. The molecule has 0 unspecified atom stereocenters. The van der Waals surface area contributed by atoms with Crippen LogP contribution >= 0.6 is 0 Å². The van der Waals surface area contributed by atoms with Gasteiger partial charge < -0.3 is 10.3 Å². The lowest BCUT2D eigenvalue weighted by molar-refractivity contribution is 0.111. The lowest BCUT2D eigenvalue weighted by Crippen LogP contribution is -1.87. The van der Waals surface area contributed by atoms with Gasteiger partial charge in [-0.1, -0.05) is 5.16 Å². The summed E-state index contributed by atoms with van der Waals surface area (Å²) in [5, 5.41) is 3.27. The SMILES string of the molecule is Nc1conc1C=O. The first-order valence-corrected chi connectivity index (χ1v) is 1.99. The van der Waals surface area contributed by atoms with Crippen LogP contribution in [0.1, 0.15) is 10.5 Å². The number of anilines is 1. The van der Waals surface area contributed by atoms with Crippen LogP contribution in [0.25, 0.3) is 0 Å². The van der Waals surface area contributed by atoms with Gasteiger partial charge in [-0.15, -0.1) is 0 Å². The summed E-state index contributed by atoms with van der Waals surface area (Å²) in [5.74, 6) is 0. The van der Waals surface area contributed by atoms with Crippen LogP contribution in [0.2, 0.25) is 0 Å². The third-order valence-electron chi connectivity index (χ3n) is 0.738. The topological polar surface area (TPSA) is 69.1 Å². The van der Waals surface area contributed by atoms with E-state index in [1.807, 2.05) is 0 Å². The average Bonchev–Trinajstić information content (AvgIpc) is 2.14. The van der Waals surface area contributed by atoms with E-state index in [0.717, 1.165) is 0 Å². The summed E-state index contributed by atoms with van der Waals surface area (Å²) in [6.45, 7) is 0. The molecule has 0 aliphatic heterocycles. The van der Waals surface area contributed by atoms with Crippen LogP contribution in [-0.2, 0) is 0 Å². The number of aldehydes is 1. The third kappa shape index (κ3) is 0.556. The molecule has 4 nitrogen and oxygen atoms in total. The molecule has 0 bridgehead atoms. The minimum atomic E-state index is 0.157. The monoisotopic (exact) mass is 112 g/mol. The van der Waals surface area contributed by atoms with Crippen LogP contribution in [0.15, 0.2) is 10.8 Å². The molecule has 0 aliphatic carbocycles. The fourth-order valence-corrected chi connectivity index (χ4v) is 0.343. The molecule has 0 spiro atoms. The van der Waals surface area contributed by atoms with Crippen molar-refractivity contribution in [3.05, 3.63) is 12.0 Å². The van der Waals surface area contributed by atoms with Gasteiger partial charge in [0.1, 0.15) is 12.0 Å². The Kier molecular flexibility index (Phi) is 0.997. The van der Waals surface area contributed by atoms with Crippen molar-refractivity contribution in [3.63, 3.8) is 0 Å². The van der Waals surface area contributed by atoms with Crippen molar-refractivity contribution in [2.24, 2.45) is 0 Å². The first-order valence-electron chi connectivity index (χ1n) is 1.99. The molecule has 42 valence electrons. The van der Waals surface area contributed by atoms with Gasteiger partial charge in [0.2, 0.25) is 0 Å². The molecule has 1 heterocycles. The Morgan fingerprint density at radius 3 is 2.88 bits per heavy atom. The number of hydrogen-bond donors (Lipinski definition) is 1. The Balaban J connectivity index is 3.09. The van der Waals surface area contributed by atoms with E-state index in [-0.39, 0.29) is 11.4 Å². The van der Waals surface area contributed by atoms with Gasteiger partial charge in [0.15, 0.2) is 12.0 Å². The molecule has 0 amide bonds. The number of nitrogen functional groups attached to an aromatic ring is 1. The summed E-state index contributed by atoms with van der Waals surface area (Å²) >= 11 is 0. The predicted octanol–water partition coefficient (Wildman–Crippen LogP) is 0.0693. The first kappa shape index (κ1) is 4.83. The van der Waals surface area contributed by atoms with Gasteiger partial charge in [-0.25, -0.2) is 0 Å². The smallest absolute Gasteiger partial charge is 0.174 e. The molecule has 8 heavy (non-hydrogen) atoms. The molecule has 0 aromatic carbocycles. The van der Waals surface area contributed by atoms with E-state index in [0.29, 0.717) is 6.29 Å². The van der Waals surface area contributed by atoms with Crippen molar-refractivity contribution in [1.29, 1.82) is 0 Å². The molecule has 0 radical (unpaired) electrons. The molecule has 4 heteroatoms. The quantitative estimate of drug-likeness (QED) is 0.522. The summed E-state index contributed by atoms with van der Waals surface area (Å²) in [6.07, 6.45) is 1.75. The summed E-state index contributed by atoms with van der Waals surface area (Å²) in [6, 6.07) is 0. The zero-order chi connectivity index (χ0) is 5.98. The Hall–Kier alpha value is -1.32. The fraction of sp³-hybridized carbons (Fsp3) is 0. The van der Waals surface area contributed by atoms with Crippen molar-refractivity contribution in [1.82, 2.24) is 5.16 Å². The molecule has 2 N–H and O–H groups in total. The normalized spacial score (nSPS) is 9.00. The molecule has 1 rings (SSSR count). The summed E-state index contributed by atoms with van der Waals surface area (Å²) in [5.41, 5.74) is 5.60. The van der Waals surface area contributed by atoms with Gasteiger partial charge >= 0.3 is 0 Å². The zero-order valence-electron chi connectivity index (χ0n) is 4.00. The van der Waals surface area contributed by atoms with E-state index in [2.05, 4.69) is 9.68 Å². The molecule has 0 fully saturated rings. The van der Waals surface area contributed by atoms with Crippen molar-refractivity contribution in [2.75, 3.05) is 5.73 Å². The number of hydrogen-bond acceptors (Lipinski definition) is 4. The minimum Gasteiger partial charge on any atom is -0.394 e. The van der Waals surface area contributed by atoms with E-state index in [9.17, 15) is 4.79 Å². The molecule has 1 aromatic rings. The number of nitrogens with zero attached hydrogens (tertiary/aromatic N) is 1. The number of rotatable bonds is 1. The molecule has 1 aromatic heterocycles. The Morgan fingerprint density at radius 1 is 1.88 bits per heavy atom. The molecular weight excluding hydrogens is 108 g/mol. The van der Waals surface area contributed by atoms with E-state index in [1.165, 1.54) is 6.26 Å².